The Morgan fingerprint density at radius 3 is 3.06 bits per heavy atom. The average Bonchev–Trinajstić information content (AvgIpc) is 2.39. The third-order valence-corrected chi connectivity index (χ3v) is 4.55. The first kappa shape index (κ1) is 12.4. The van der Waals surface area contributed by atoms with Gasteiger partial charge in [0.05, 0.1) is 12.8 Å². The summed E-state index contributed by atoms with van der Waals surface area (Å²) >= 11 is 2.08. The molecule has 0 saturated carbocycles. The molecule has 1 saturated heterocycles. The summed E-state index contributed by atoms with van der Waals surface area (Å²) in [6.45, 7) is 4.48. The standard InChI is InChI=1S/C13H20N2OS/c1-3-11-9-15(6-7-17-11)10-4-5-12(14)13(8-10)16-2/h4-5,8,11H,3,6-7,9,14H2,1-2H3. The van der Waals surface area contributed by atoms with Gasteiger partial charge in [0.25, 0.3) is 0 Å². The first-order valence-corrected chi connectivity index (χ1v) is 7.09. The van der Waals surface area contributed by atoms with Crippen molar-refractivity contribution in [2.75, 3.05) is 36.6 Å². The Balaban J connectivity index is 2.16. The van der Waals surface area contributed by atoms with Crippen LogP contribution in [-0.4, -0.2) is 31.2 Å². The number of nitrogen functional groups attached to an aromatic ring is 1. The van der Waals surface area contributed by atoms with E-state index < -0.39 is 0 Å². The monoisotopic (exact) mass is 252 g/mol. The molecule has 1 aliphatic heterocycles. The molecule has 1 aliphatic rings. The highest BCUT2D eigenvalue weighted by Gasteiger charge is 2.19. The van der Waals surface area contributed by atoms with Crippen LogP contribution in [0.2, 0.25) is 0 Å². The molecule has 1 aromatic carbocycles. The summed E-state index contributed by atoms with van der Waals surface area (Å²) in [5, 5.41) is 0.743. The molecule has 0 spiro atoms. The number of benzene rings is 1. The van der Waals surface area contributed by atoms with Crippen LogP contribution in [0, 0.1) is 0 Å². The summed E-state index contributed by atoms with van der Waals surface area (Å²) in [6, 6.07) is 6.05. The van der Waals surface area contributed by atoms with E-state index in [4.69, 9.17) is 10.5 Å². The first-order valence-electron chi connectivity index (χ1n) is 6.04. The van der Waals surface area contributed by atoms with Gasteiger partial charge in [-0.05, 0) is 18.6 Å². The van der Waals surface area contributed by atoms with Gasteiger partial charge in [-0.2, -0.15) is 11.8 Å². The first-order chi connectivity index (χ1) is 8.24. The minimum atomic E-state index is 0.703. The molecule has 3 nitrogen and oxygen atoms in total. The number of nitrogens with zero attached hydrogens (tertiary/aromatic N) is 1. The predicted octanol–water partition coefficient (Wildman–Crippen LogP) is 2.61. The largest absolute Gasteiger partial charge is 0.495 e. The topological polar surface area (TPSA) is 38.5 Å². The molecule has 1 heterocycles. The molecule has 1 fully saturated rings. The second-order valence-corrected chi connectivity index (χ2v) is 5.68. The highest BCUT2D eigenvalue weighted by Crippen LogP contribution is 2.30. The Bertz CT molecular complexity index is 384. The maximum absolute atomic E-state index is 5.84. The van der Waals surface area contributed by atoms with Crippen LogP contribution in [-0.2, 0) is 0 Å². The zero-order chi connectivity index (χ0) is 12.3. The molecule has 0 amide bonds. The van der Waals surface area contributed by atoms with Crippen LogP contribution in [0.15, 0.2) is 18.2 Å². The summed E-state index contributed by atoms with van der Waals surface area (Å²) in [5.74, 6) is 1.97. The SMILES string of the molecule is CCC1CN(c2ccc(N)c(OC)c2)CCS1. The van der Waals surface area contributed by atoms with Crippen LogP contribution in [0.1, 0.15) is 13.3 Å². The Kier molecular flexibility index (Phi) is 4.05. The molecular formula is C13H20N2OS. The second kappa shape index (κ2) is 5.54. The molecule has 1 unspecified atom stereocenters. The lowest BCUT2D eigenvalue weighted by Gasteiger charge is -2.33. The van der Waals surface area contributed by atoms with Crippen LogP contribution < -0.4 is 15.4 Å². The Hall–Kier alpha value is -1.03. The van der Waals surface area contributed by atoms with E-state index in [-0.39, 0.29) is 0 Å². The average molecular weight is 252 g/mol. The van der Waals surface area contributed by atoms with Gasteiger partial charge in [-0.1, -0.05) is 6.92 Å². The quantitative estimate of drug-likeness (QED) is 0.839. The van der Waals surface area contributed by atoms with Crippen LogP contribution in [0.5, 0.6) is 5.75 Å². The smallest absolute Gasteiger partial charge is 0.143 e. The molecule has 2 rings (SSSR count). The third-order valence-electron chi connectivity index (χ3n) is 3.18. The van der Waals surface area contributed by atoms with Gasteiger partial charge >= 0.3 is 0 Å². The Morgan fingerprint density at radius 1 is 1.53 bits per heavy atom. The van der Waals surface area contributed by atoms with Crippen molar-refractivity contribution in [3.05, 3.63) is 18.2 Å². The number of methoxy groups -OCH3 is 1. The molecule has 0 radical (unpaired) electrons. The molecule has 17 heavy (non-hydrogen) atoms. The molecule has 94 valence electrons. The fourth-order valence-corrected chi connectivity index (χ4v) is 3.28. The highest BCUT2D eigenvalue weighted by molar-refractivity contribution is 8.00. The maximum Gasteiger partial charge on any atom is 0.143 e. The molecule has 1 atom stereocenters. The minimum Gasteiger partial charge on any atom is -0.495 e. The second-order valence-electron chi connectivity index (χ2n) is 4.27. The van der Waals surface area contributed by atoms with Gasteiger partial charge < -0.3 is 15.4 Å². The summed E-state index contributed by atoms with van der Waals surface area (Å²) in [5.41, 5.74) is 7.76. The molecule has 0 bridgehead atoms. The van der Waals surface area contributed by atoms with Gasteiger partial charge in [0.15, 0.2) is 0 Å². The lowest BCUT2D eigenvalue weighted by Crippen LogP contribution is -2.37. The van der Waals surface area contributed by atoms with E-state index in [1.54, 1.807) is 7.11 Å². The summed E-state index contributed by atoms with van der Waals surface area (Å²) in [7, 11) is 1.66. The van der Waals surface area contributed by atoms with Crippen molar-refractivity contribution in [2.24, 2.45) is 0 Å². The van der Waals surface area contributed by atoms with Crippen LogP contribution in [0.3, 0.4) is 0 Å². The zero-order valence-corrected chi connectivity index (χ0v) is 11.3. The lowest BCUT2D eigenvalue weighted by atomic mass is 10.2. The molecule has 2 N–H and O–H groups in total. The van der Waals surface area contributed by atoms with Gasteiger partial charge in [0.2, 0.25) is 0 Å². The van der Waals surface area contributed by atoms with Crippen molar-refractivity contribution < 1.29 is 4.74 Å². The van der Waals surface area contributed by atoms with Crippen LogP contribution in [0.4, 0.5) is 11.4 Å². The lowest BCUT2D eigenvalue weighted by molar-refractivity contribution is 0.417. The van der Waals surface area contributed by atoms with E-state index in [2.05, 4.69) is 29.7 Å². The van der Waals surface area contributed by atoms with E-state index in [9.17, 15) is 0 Å². The predicted molar refractivity (Wildman–Crippen MR) is 76.2 cm³/mol. The van der Waals surface area contributed by atoms with E-state index in [1.807, 2.05) is 12.1 Å². The van der Waals surface area contributed by atoms with Crippen molar-refractivity contribution >= 4 is 23.1 Å². The summed E-state index contributed by atoms with van der Waals surface area (Å²) in [6.07, 6.45) is 1.23. The molecule has 4 heteroatoms. The van der Waals surface area contributed by atoms with E-state index >= 15 is 0 Å². The van der Waals surface area contributed by atoms with Gasteiger partial charge in [0, 0.05) is 35.8 Å². The molecule has 0 aliphatic carbocycles. The number of ether oxygens (including phenoxy) is 1. The number of hydrogen-bond acceptors (Lipinski definition) is 4. The van der Waals surface area contributed by atoms with E-state index in [1.165, 1.54) is 17.9 Å². The van der Waals surface area contributed by atoms with E-state index in [0.29, 0.717) is 5.69 Å². The fourth-order valence-electron chi connectivity index (χ4n) is 2.10. The Morgan fingerprint density at radius 2 is 2.35 bits per heavy atom. The van der Waals surface area contributed by atoms with Gasteiger partial charge in [-0.3, -0.25) is 0 Å². The van der Waals surface area contributed by atoms with E-state index in [0.717, 1.165) is 24.1 Å². The fraction of sp³-hybridized carbons (Fsp3) is 0.538. The van der Waals surface area contributed by atoms with Crippen molar-refractivity contribution in [1.82, 2.24) is 0 Å². The number of nitrogens with two attached hydrogens (primary N) is 1. The molecule has 1 aromatic rings. The van der Waals surface area contributed by atoms with Crippen LogP contribution in [0.25, 0.3) is 0 Å². The Labute approximate surface area is 107 Å². The van der Waals surface area contributed by atoms with Crippen molar-refractivity contribution in [3.8, 4) is 5.75 Å². The number of anilines is 2. The normalized spacial score (nSPS) is 20.4. The number of rotatable bonds is 3. The van der Waals surface area contributed by atoms with Crippen molar-refractivity contribution in [1.29, 1.82) is 0 Å². The van der Waals surface area contributed by atoms with Gasteiger partial charge in [-0.15, -0.1) is 0 Å². The highest BCUT2D eigenvalue weighted by atomic mass is 32.2. The summed E-state index contributed by atoms with van der Waals surface area (Å²) in [4.78, 5) is 2.42. The number of hydrogen-bond donors (Lipinski definition) is 1. The van der Waals surface area contributed by atoms with Crippen molar-refractivity contribution in [2.45, 2.75) is 18.6 Å². The third kappa shape index (κ3) is 2.80. The number of thioether (sulfide) groups is 1. The van der Waals surface area contributed by atoms with Gasteiger partial charge in [0.1, 0.15) is 5.75 Å². The minimum absolute atomic E-state index is 0.703. The maximum atomic E-state index is 5.84. The summed E-state index contributed by atoms with van der Waals surface area (Å²) < 4.78 is 5.27. The molecule has 0 aromatic heterocycles. The molecular weight excluding hydrogens is 232 g/mol. The van der Waals surface area contributed by atoms with Crippen molar-refractivity contribution in [3.63, 3.8) is 0 Å². The zero-order valence-electron chi connectivity index (χ0n) is 10.5. The van der Waals surface area contributed by atoms with Crippen LogP contribution >= 0.6 is 11.8 Å². The van der Waals surface area contributed by atoms with Gasteiger partial charge in [-0.25, -0.2) is 0 Å².